The summed E-state index contributed by atoms with van der Waals surface area (Å²) in [5, 5.41) is 6.47. The van der Waals surface area contributed by atoms with E-state index in [1.165, 1.54) is 12.1 Å². The third kappa shape index (κ3) is 7.74. The monoisotopic (exact) mass is 554 g/mol. The highest BCUT2D eigenvalue weighted by Gasteiger charge is 2.26. The van der Waals surface area contributed by atoms with Crippen molar-refractivity contribution in [2.45, 2.75) is 46.1 Å². The summed E-state index contributed by atoms with van der Waals surface area (Å²) in [7, 11) is 0. The lowest BCUT2D eigenvalue weighted by Gasteiger charge is -2.35. The second kappa shape index (κ2) is 12.7. The maximum atomic E-state index is 13.3. The van der Waals surface area contributed by atoms with E-state index in [9.17, 15) is 9.18 Å². The fourth-order valence-electron chi connectivity index (χ4n) is 3.62. The fourth-order valence-corrected chi connectivity index (χ4v) is 3.62. The van der Waals surface area contributed by atoms with Gasteiger partial charge in [-0.3, -0.25) is 4.79 Å². The molecule has 0 aliphatic carbocycles. The third-order valence-corrected chi connectivity index (χ3v) is 5.02. The zero-order valence-electron chi connectivity index (χ0n) is 18.8. The molecule has 0 radical (unpaired) electrons. The number of amides is 1. The molecule has 2 N–H and O–H groups in total. The number of carbonyl (C=O) groups is 1. The van der Waals surface area contributed by atoms with E-state index in [1.54, 1.807) is 6.07 Å². The summed E-state index contributed by atoms with van der Waals surface area (Å²) in [6.45, 7) is 8.86. The maximum absolute atomic E-state index is 13.3. The Morgan fingerprint density at radius 2 is 1.78 bits per heavy atom. The Balaban J connectivity index is 0.00000363. The minimum atomic E-state index is -0.263. The molecular formula is C24H32FIN4O2. The number of morpholine rings is 1. The molecule has 2 atom stereocenters. The standard InChI is InChI=1S/C24H31FN4O2.HI/c1-4-26-24(28-14-20-6-5-7-22(25)12-20)27-13-19-8-10-21(11-9-19)23(30)29-15-17(2)31-18(3)16-29;/h5-12,17-18H,4,13-16H2,1-3H3,(H2,26,27,28);1H. The number of guanidine groups is 1. The minimum absolute atomic E-state index is 0. The molecule has 6 nitrogen and oxygen atoms in total. The van der Waals surface area contributed by atoms with Crippen LogP contribution in [-0.2, 0) is 17.8 Å². The summed E-state index contributed by atoms with van der Waals surface area (Å²) in [4.78, 5) is 19.2. The number of benzene rings is 2. The summed E-state index contributed by atoms with van der Waals surface area (Å²) >= 11 is 0. The highest BCUT2D eigenvalue weighted by Crippen LogP contribution is 2.15. The highest BCUT2D eigenvalue weighted by molar-refractivity contribution is 14.0. The van der Waals surface area contributed by atoms with E-state index in [0.29, 0.717) is 37.7 Å². The number of ether oxygens (including phenoxy) is 1. The number of aliphatic imine (C=N–C) groups is 1. The molecule has 2 aromatic carbocycles. The van der Waals surface area contributed by atoms with Crippen molar-refractivity contribution in [1.82, 2.24) is 15.5 Å². The van der Waals surface area contributed by atoms with Crippen LogP contribution < -0.4 is 10.6 Å². The van der Waals surface area contributed by atoms with Gasteiger partial charge in [0.2, 0.25) is 0 Å². The molecule has 0 spiro atoms. The molecule has 0 aromatic heterocycles. The second-order valence-corrected chi connectivity index (χ2v) is 7.84. The van der Waals surface area contributed by atoms with Gasteiger partial charge in [-0.2, -0.15) is 0 Å². The van der Waals surface area contributed by atoms with Gasteiger partial charge in [0.1, 0.15) is 5.82 Å². The van der Waals surface area contributed by atoms with Gasteiger partial charge in [-0.25, -0.2) is 9.38 Å². The Morgan fingerprint density at radius 1 is 1.09 bits per heavy atom. The van der Waals surface area contributed by atoms with Crippen molar-refractivity contribution in [2.24, 2.45) is 4.99 Å². The molecule has 1 fully saturated rings. The van der Waals surface area contributed by atoms with Gasteiger partial charge in [-0.05, 0) is 56.2 Å². The molecule has 8 heteroatoms. The van der Waals surface area contributed by atoms with Crippen molar-refractivity contribution in [3.63, 3.8) is 0 Å². The van der Waals surface area contributed by atoms with Crippen molar-refractivity contribution in [2.75, 3.05) is 19.6 Å². The molecule has 2 aromatic rings. The molecule has 32 heavy (non-hydrogen) atoms. The smallest absolute Gasteiger partial charge is 0.254 e. The Labute approximate surface area is 206 Å². The fraction of sp³-hybridized carbons (Fsp3) is 0.417. The van der Waals surface area contributed by atoms with Gasteiger partial charge in [0.05, 0.1) is 18.8 Å². The number of halogens is 2. The van der Waals surface area contributed by atoms with E-state index in [-0.39, 0.29) is 47.9 Å². The number of hydrogen-bond donors (Lipinski definition) is 2. The van der Waals surface area contributed by atoms with Crippen LogP contribution in [0.5, 0.6) is 0 Å². The summed E-state index contributed by atoms with van der Waals surface area (Å²) in [6.07, 6.45) is 0.0969. The second-order valence-electron chi connectivity index (χ2n) is 7.84. The predicted octanol–water partition coefficient (Wildman–Crippen LogP) is 3.95. The molecule has 1 saturated heterocycles. The average Bonchev–Trinajstić information content (AvgIpc) is 2.75. The van der Waals surface area contributed by atoms with Crippen molar-refractivity contribution in [3.05, 3.63) is 71.0 Å². The first kappa shape index (κ1) is 26.1. The first-order chi connectivity index (χ1) is 14.9. The minimum Gasteiger partial charge on any atom is -0.372 e. The van der Waals surface area contributed by atoms with Crippen molar-refractivity contribution >= 4 is 35.8 Å². The zero-order chi connectivity index (χ0) is 22.2. The molecule has 1 aliphatic rings. The van der Waals surface area contributed by atoms with Crippen LogP contribution in [0.4, 0.5) is 4.39 Å². The number of rotatable bonds is 6. The molecule has 1 amide bonds. The zero-order valence-corrected chi connectivity index (χ0v) is 21.1. The van der Waals surface area contributed by atoms with Crippen LogP contribution in [0.1, 0.15) is 42.3 Å². The van der Waals surface area contributed by atoms with Gasteiger partial charge in [-0.1, -0.05) is 24.3 Å². The largest absolute Gasteiger partial charge is 0.372 e. The molecule has 1 heterocycles. The van der Waals surface area contributed by atoms with Crippen molar-refractivity contribution in [1.29, 1.82) is 0 Å². The Hall–Kier alpha value is -2.20. The van der Waals surface area contributed by atoms with Crippen LogP contribution in [-0.4, -0.2) is 48.6 Å². The number of hydrogen-bond acceptors (Lipinski definition) is 3. The first-order valence-electron chi connectivity index (χ1n) is 10.7. The Bertz CT molecular complexity index is 897. The third-order valence-electron chi connectivity index (χ3n) is 5.02. The van der Waals surface area contributed by atoms with Gasteiger partial charge >= 0.3 is 0 Å². The molecule has 0 bridgehead atoms. The topological polar surface area (TPSA) is 66.0 Å². The van der Waals surface area contributed by atoms with Crippen molar-refractivity contribution in [3.8, 4) is 0 Å². The van der Waals surface area contributed by atoms with E-state index < -0.39 is 0 Å². The molecule has 174 valence electrons. The van der Waals surface area contributed by atoms with Crippen LogP contribution in [0, 0.1) is 5.82 Å². The van der Waals surface area contributed by atoms with Gasteiger partial charge in [0, 0.05) is 31.7 Å². The average molecular weight is 554 g/mol. The summed E-state index contributed by atoms with van der Waals surface area (Å²) < 4.78 is 19.1. The number of nitrogens with zero attached hydrogens (tertiary/aromatic N) is 2. The van der Waals surface area contributed by atoms with Gasteiger partial charge < -0.3 is 20.3 Å². The quantitative estimate of drug-likeness (QED) is 0.323. The predicted molar refractivity (Wildman–Crippen MR) is 136 cm³/mol. The molecular weight excluding hydrogens is 522 g/mol. The summed E-state index contributed by atoms with van der Waals surface area (Å²) in [5.41, 5.74) is 2.53. The van der Waals surface area contributed by atoms with E-state index in [2.05, 4.69) is 15.6 Å². The van der Waals surface area contributed by atoms with E-state index in [0.717, 1.165) is 17.7 Å². The number of carbonyl (C=O) groups excluding carboxylic acids is 1. The molecule has 1 aliphatic heterocycles. The van der Waals surface area contributed by atoms with Crippen LogP contribution in [0.2, 0.25) is 0 Å². The normalized spacial score (nSPS) is 18.6. The number of nitrogens with one attached hydrogen (secondary N) is 2. The van der Waals surface area contributed by atoms with Gasteiger partial charge in [-0.15, -0.1) is 24.0 Å². The SMILES string of the molecule is CCNC(=NCc1cccc(F)c1)NCc1ccc(C(=O)N2CC(C)OC(C)C2)cc1.I. The van der Waals surface area contributed by atoms with E-state index in [4.69, 9.17) is 4.74 Å². The highest BCUT2D eigenvalue weighted by atomic mass is 127. The van der Waals surface area contributed by atoms with Crippen molar-refractivity contribution < 1.29 is 13.9 Å². The van der Waals surface area contributed by atoms with Crippen LogP contribution in [0.25, 0.3) is 0 Å². The Kier molecular flexibility index (Phi) is 10.4. The van der Waals surface area contributed by atoms with Gasteiger partial charge in [0.25, 0.3) is 5.91 Å². The lowest BCUT2D eigenvalue weighted by Crippen LogP contribution is -2.48. The van der Waals surface area contributed by atoms with Crippen LogP contribution in [0.3, 0.4) is 0 Å². The maximum Gasteiger partial charge on any atom is 0.254 e. The molecule has 3 rings (SSSR count). The molecule has 0 saturated carbocycles. The Morgan fingerprint density at radius 3 is 2.41 bits per heavy atom. The van der Waals surface area contributed by atoms with E-state index >= 15 is 0 Å². The van der Waals surface area contributed by atoms with Crippen LogP contribution in [0.15, 0.2) is 53.5 Å². The lowest BCUT2D eigenvalue weighted by atomic mass is 10.1. The lowest BCUT2D eigenvalue weighted by molar-refractivity contribution is -0.0586. The summed E-state index contributed by atoms with van der Waals surface area (Å²) in [5.74, 6) is 0.427. The summed E-state index contributed by atoms with van der Waals surface area (Å²) in [6, 6.07) is 14.1. The van der Waals surface area contributed by atoms with Crippen LogP contribution >= 0.6 is 24.0 Å². The van der Waals surface area contributed by atoms with Gasteiger partial charge in [0.15, 0.2) is 5.96 Å². The first-order valence-corrected chi connectivity index (χ1v) is 10.7. The molecule has 2 unspecified atom stereocenters. The van der Waals surface area contributed by atoms with E-state index in [1.807, 2.05) is 56.0 Å².